The maximum absolute atomic E-state index is 13.2. The van der Waals surface area contributed by atoms with Gasteiger partial charge in [0, 0.05) is 58.6 Å². The molecule has 7 nitrogen and oxygen atoms in total. The first kappa shape index (κ1) is 29.4. The molecule has 0 bridgehead atoms. The first-order valence-electron chi connectivity index (χ1n) is 15.3. The van der Waals surface area contributed by atoms with Gasteiger partial charge < -0.3 is 29.3 Å². The van der Waals surface area contributed by atoms with Gasteiger partial charge in [-0.2, -0.15) is 0 Å². The van der Waals surface area contributed by atoms with Crippen molar-refractivity contribution in [2.75, 3.05) is 32.7 Å². The molecule has 3 fully saturated rings. The third kappa shape index (κ3) is 6.16. The number of carbonyl (C=O) groups is 1. The Hall–Kier alpha value is -2.71. The highest BCUT2D eigenvalue weighted by atomic mass is 35.5. The van der Waals surface area contributed by atoms with Gasteiger partial charge in [0.15, 0.2) is 0 Å². The SMILES string of the molecule is Cl.O=C(NC1CCN(C[C@@H]2CCCN3CCCCC23)CC1)c1cc2c(OCc3coc4cc(Cl)ccc34)cccc2[nH]1. The lowest BCUT2D eigenvalue weighted by atomic mass is 9.83. The minimum atomic E-state index is -0.0477. The van der Waals surface area contributed by atoms with Gasteiger partial charge in [-0.15, -0.1) is 12.4 Å². The molecule has 5 heterocycles. The normalized spacial score (nSPS) is 22.1. The largest absolute Gasteiger partial charge is 0.488 e. The monoisotopic (exact) mass is 610 g/mol. The van der Waals surface area contributed by atoms with Gasteiger partial charge in [0.1, 0.15) is 23.6 Å². The number of H-pyrrole nitrogens is 1. The first-order chi connectivity index (χ1) is 20.1. The van der Waals surface area contributed by atoms with E-state index in [0.29, 0.717) is 17.3 Å². The summed E-state index contributed by atoms with van der Waals surface area (Å²) >= 11 is 6.09. The van der Waals surface area contributed by atoms with Crippen molar-refractivity contribution < 1.29 is 13.9 Å². The minimum Gasteiger partial charge on any atom is -0.488 e. The second kappa shape index (κ2) is 12.9. The number of fused-ring (bicyclic) bond motifs is 3. The minimum absolute atomic E-state index is 0. The maximum atomic E-state index is 13.2. The summed E-state index contributed by atoms with van der Waals surface area (Å²) in [6, 6.07) is 14.4. The molecule has 0 saturated carbocycles. The summed E-state index contributed by atoms with van der Waals surface area (Å²) in [5.41, 5.74) is 3.15. The van der Waals surface area contributed by atoms with Crippen LogP contribution in [0.5, 0.6) is 5.75 Å². The van der Waals surface area contributed by atoms with E-state index in [1.54, 1.807) is 6.26 Å². The van der Waals surface area contributed by atoms with Crippen LogP contribution in [0.25, 0.3) is 21.9 Å². The summed E-state index contributed by atoms with van der Waals surface area (Å²) in [6.45, 7) is 6.30. The number of halogens is 2. The molecule has 2 atom stereocenters. The molecular weight excluding hydrogens is 571 g/mol. The lowest BCUT2D eigenvalue weighted by Gasteiger charge is -2.46. The number of nitrogens with zero attached hydrogens (tertiary/aromatic N) is 2. The average Bonchev–Trinajstić information content (AvgIpc) is 3.62. The number of furan rings is 1. The highest BCUT2D eigenvalue weighted by Crippen LogP contribution is 2.33. The van der Waals surface area contributed by atoms with Crippen LogP contribution in [0.15, 0.2) is 53.1 Å². The summed E-state index contributed by atoms with van der Waals surface area (Å²) in [5.74, 6) is 1.49. The number of piperidine rings is 3. The Kier molecular flexibility index (Phi) is 9.01. The van der Waals surface area contributed by atoms with Crippen LogP contribution in [0.1, 0.15) is 61.0 Å². The van der Waals surface area contributed by atoms with Gasteiger partial charge in [-0.05, 0) is 93.9 Å². The fourth-order valence-corrected chi connectivity index (χ4v) is 7.51. The van der Waals surface area contributed by atoms with Crippen LogP contribution in [-0.2, 0) is 6.61 Å². The number of nitrogens with one attached hydrogen (secondary N) is 2. The molecule has 2 N–H and O–H groups in total. The second-order valence-corrected chi connectivity index (χ2v) is 12.6. The molecule has 4 aromatic rings. The van der Waals surface area contributed by atoms with Crippen molar-refractivity contribution in [3.05, 3.63) is 65.0 Å². The zero-order valence-electron chi connectivity index (χ0n) is 23.9. The number of ether oxygens (including phenoxy) is 1. The average molecular weight is 612 g/mol. The molecule has 0 aliphatic carbocycles. The molecule has 1 unspecified atom stereocenters. The molecule has 2 aromatic heterocycles. The number of carbonyl (C=O) groups excluding carboxylic acids is 1. The Morgan fingerprint density at radius 3 is 2.74 bits per heavy atom. The van der Waals surface area contributed by atoms with E-state index in [4.69, 9.17) is 20.8 Å². The van der Waals surface area contributed by atoms with Crippen molar-refractivity contribution in [3.8, 4) is 5.75 Å². The third-order valence-corrected chi connectivity index (χ3v) is 9.75. The van der Waals surface area contributed by atoms with Crippen LogP contribution in [0.4, 0.5) is 0 Å². The Morgan fingerprint density at radius 1 is 1.00 bits per heavy atom. The first-order valence-corrected chi connectivity index (χ1v) is 15.7. The molecule has 0 radical (unpaired) electrons. The van der Waals surface area contributed by atoms with E-state index in [2.05, 4.69) is 20.1 Å². The van der Waals surface area contributed by atoms with E-state index in [-0.39, 0.29) is 24.4 Å². The number of rotatable bonds is 7. The molecule has 3 aliphatic rings. The van der Waals surface area contributed by atoms with Gasteiger partial charge in [0.25, 0.3) is 5.91 Å². The van der Waals surface area contributed by atoms with Crippen molar-refractivity contribution in [1.29, 1.82) is 0 Å². The molecule has 42 heavy (non-hydrogen) atoms. The zero-order chi connectivity index (χ0) is 27.8. The summed E-state index contributed by atoms with van der Waals surface area (Å²) in [5, 5.41) is 5.82. The highest BCUT2D eigenvalue weighted by Gasteiger charge is 2.34. The summed E-state index contributed by atoms with van der Waals surface area (Å²) < 4.78 is 11.8. The number of likely N-dealkylation sites (tertiary alicyclic amines) is 1. The van der Waals surface area contributed by atoms with E-state index < -0.39 is 0 Å². The topological polar surface area (TPSA) is 73.7 Å². The number of aromatic nitrogens is 1. The lowest BCUT2D eigenvalue weighted by Crippen LogP contribution is -2.52. The third-order valence-electron chi connectivity index (χ3n) is 9.51. The van der Waals surface area contributed by atoms with Crippen molar-refractivity contribution in [3.63, 3.8) is 0 Å². The Labute approximate surface area is 258 Å². The van der Waals surface area contributed by atoms with E-state index in [1.807, 2.05) is 42.5 Å². The van der Waals surface area contributed by atoms with E-state index in [0.717, 1.165) is 71.1 Å². The number of aromatic amines is 1. The van der Waals surface area contributed by atoms with E-state index in [9.17, 15) is 4.79 Å². The van der Waals surface area contributed by atoms with Crippen LogP contribution in [0, 0.1) is 5.92 Å². The lowest BCUT2D eigenvalue weighted by molar-refractivity contribution is 0.0351. The molecule has 0 spiro atoms. The van der Waals surface area contributed by atoms with Gasteiger partial charge in [-0.1, -0.05) is 24.1 Å². The molecule has 2 aromatic carbocycles. The molecule has 3 saturated heterocycles. The van der Waals surface area contributed by atoms with E-state index >= 15 is 0 Å². The van der Waals surface area contributed by atoms with Crippen molar-refractivity contribution in [2.24, 2.45) is 5.92 Å². The van der Waals surface area contributed by atoms with Gasteiger partial charge in [-0.3, -0.25) is 4.79 Å². The Bertz CT molecular complexity index is 1520. The van der Waals surface area contributed by atoms with E-state index in [1.165, 1.54) is 51.7 Å². The molecule has 7 rings (SSSR count). The smallest absolute Gasteiger partial charge is 0.267 e. The fraction of sp³-hybridized carbons (Fsp3) is 0.485. The quantitative estimate of drug-likeness (QED) is 0.235. The summed E-state index contributed by atoms with van der Waals surface area (Å²) in [4.78, 5) is 22.0. The predicted molar refractivity (Wildman–Crippen MR) is 170 cm³/mol. The van der Waals surface area contributed by atoms with Crippen LogP contribution < -0.4 is 10.1 Å². The van der Waals surface area contributed by atoms with Crippen molar-refractivity contribution >= 4 is 51.8 Å². The maximum Gasteiger partial charge on any atom is 0.267 e. The number of benzene rings is 2. The number of hydrogen-bond acceptors (Lipinski definition) is 5. The van der Waals surface area contributed by atoms with Crippen molar-refractivity contribution in [1.82, 2.24) is 20.1 Å². The van der Waals surface area contributed by atoms with Gasteiger partial charge >= 0.3 is 0 Å². The molecule has 3 aliphatic heterocycles. The van der Waals surface area contributed by atoms with Gasteiger partial charge in [0.05, 0.1) is 6.26 Å². The molecule has 224 valence electrons. The molecule has 9 heteroatoms. The van der Waals surface area contributed by atoms with Crippen LogP contribution >= 0.6 is 24.0 Å². The second-order valence-electron chi connectivity index (χ2n) is 12.1. The van der Waals surface area contributed by atoms with Gasteiger partial charge in [-0.25, -0.2) is 0 Å². The van der Waals surface area contributed by atoms with Gasteiger partial charge in [0.2, 0.25) is 0 Å². The zero-order valence-corrected chi connectivity index (χ0v) is 25.5. The van der Waals surface area contributed by atoms with Crippen LogP contribution in [0.3, 0.4) is 0 Å². The number of hydrogen-bond donors (Lipinski definition) is 2. The highest BCUT2D eigenvalue weighted by molar-refractivity contribution is 6.31. The fourth-order valence-electron chi connectivity index (χ4n) is 7.34. The Balaban J connectivity index is 0.00000316. The predicted octanol–water partition coefficient (Wildman–Crippen LogP) is 7.03. The number of amides is 1. The summed E-state index contributed by atoms with van der Waals surface area (Å²) in [7, 11) is 0. The van der Waals surface area contributed by atoms with Crippen LogP contribution in [0.2, 0.25) is 5.02 Å². The van der Waals surface area contributed by atoms with Crippen molar-refractivity contribution in [2.45, 2.75) is 63.6 Å². The Morgan fingerprint density at radius 2 is 1.86 bits per heavy atom. The molecule has 1 amide bonds. The van der Waals surface area contributed by atoms with Crippen LogP contribution in [-0.4, -0.2) is 65.5 Å². The summed E-state index contributed by atoms with van der Waals surface area (Å²) in [6.07, 6.45) is 10.6. The molecular formula is C33H40Cl2N4O3. The standard InChI is InChI=1S/C33H39ClN4O3.ClH/c34-24-9-10-26-23(21-41-32(26)17-24)20-40-31-8-3-6-28-27(31)18-29(36-28)33(39)35-25-11-15-37(16-12-25)19-22-5-4-14-38-13-2-1-7-30(22)38;/h3,6,8-10,17-18,21-22,25,30,36H,1-2,4-5,7,11-16,19-20H2,(H,35,39);1H/t22-,30?;/m0./s1.